The van der Waals surface area contributed by atoms with Crippen molar-refractivity contribution in [2.45, 2.75) is 0 Å². The fraction of sp³-hybridized carbons (Fsp3) is 0.333. The van der Waals surface area contributed by atoms with Crippen molar-refractivity contribution >= 4 is 11.8 Å². The highest BCUT2D eigenvalue weighted by molar-refractivity contribution is 5.96. The third-order valence-corrected chi connectivity index (χ3v) is 2.44. The molecule has 6 nitrogen and oxygen atoms in total. The van der Waals surface area contributed by atoms with Crippen LogP contribution in [-0.4, -0.2) is 59.5 Å². The van der Waals surface area contributed by atoms with Gasteiger partial charge in [0.15, 0.2) is 11.5 Å². The summed E-state index contributed by atoms with van der Waals surface area (Å²) in [5, 5.41) is 18.5. The minimum Gasteiger partial charge on any atom is -0.504 e. The van der Waals surface area contributed by atoms with Crippen LogP contribution in [0.15, 0.2) is 18.2 Å². The first kappa shape index (κ1) is 13.8. The molecule has 0 aliphatic rings. The molecule has 6 heteroatoms. The molecule has 1 aromatic carbocycles. The second-order valence-corrected chi connectivity index (χ2v) is 4.15. The standard InChI is InChI=1S/C12H16N2O4/c1-13(2)11(17)7-14(3)12(18)8-4-5-9(15)10(16)6-8/h4-6,15-16H,7H2,1-3H3. The van der Waals surface area contributed by atoms with Crippen LogP contribution in [0.5, 0.6) is 11.5 Å². The van der Waals surface area contributed by atoms with E-state index in [1.807, 2.05) is 0 Å². The van der Waals surface area contributed by atoms with E-state index in [0.29, 0.717) is 0 Å². The second kappa shape index (κ2) is 5.39. The van der Waals surface area contributed by atoms with Gasteiger partial charge in [-0.05, 0) is 18.2 Å². The summed E-state index contributed by atoms with van der Waals surface area (Å²) in [5.74, 6) is -1.26. The van der Waals surface area contributed by atoms with E-state index < -0.39 is 5.91 Å². The van der Waals surface area contributed by atoms with E-state index in [4.69, 9.17) is 5.11 Å². The Morgan fingerprint density at radius 2 is 1.72 bits per heavy atom. The van der Waals surface area contributed by atoms with Crippen molar-refractivity contribution in [2.24, 2.45) is 0 Å². The van der Waals surface area contributed by atoms with Gasteiger partial charge in [-0.25, -0.2) is 0 Å². The highest BCUT2D eigenvalue weighted by Crippen LogP contribution is 2.25. The van der Waals surface area contributed by atoms with Gasteiger partial charge in [-0.3, -0.25) is 9.59 Å². The Labute approximate surface area is 105 Å². The number of nitrogens with zero attached hydrogens (tertiary/aromatic N) is 2. The van der Waals surface area contributed by atoms with Crippen molar-refractivity contribution in [3.05, 3.63) is 23.8 Å². The molecule has 0 saturated heterocycles. The first-order valence-electron chi connectivity index (χ1n) is 5.30. The molecule has 0 spiro atoms. The molecule has 2 amide bonds. The predicted molar refractivity (Wildman–Crippen MR) is 65.4 cm³/mol. The number of phenols is 2. The number of hydrogen-bond acceptors (Lipinski definition) is 4. The van der Waals surface area contributed by atoms with Gasteiger partial charge in [-0.2, -0.15) is 0 Å². The monoisotopic (exact) mass is 252 g/mol. The van der Waals surface area contributed by atoms with Crippen molar-refractivity contribution in [3.63, 3.8) is 0 Å². The Hall–Kier alpha value is -2.24. The molecule has 0 aliphatic carbocycles. The van der Waals surface area contributed by atoms with Crippen LogP contribution in [0.4, 0.5) is 0 Å². The molecule has 0 aliphatic heterocycles. The van der Waals surface area contributed by atoms with Gasteiger partial charge in [-0.1, -0.05) is 0 Å². The van der Waals surface area contributed by atoms with Crippen LogP contribution in [0, 0.1) is 0 Å². The Kier molecular flexibility index (Phi) is 4.14. The van der Waals surface area contributed by atoms with Gasteiger partial charge in [0, 0.05) is 26.7 Å². The smallest absolute Gasteiger partial charge is 0.254 e. The normalized spacial score (nSPS) is 9.94. The van der Waals surface area contributed by atoms with Crippen LogP contribution in [0.25, 0.3) is 0 Å². The van der Waals surface area contributed by atoms with Crippen LogP contribution in [0.2, 0.25) is 0 Å². The molecule has 1 rings (SSSR count). The van der Waals surface area contributed by atoms with Gasteiger partial charge in [0.05, 0.1) is 6.54 Å². The quantitative estimate of drug-likeness (QED) is 0.756. The number of benzene rings is 1. The highest BCUT2D eigenvalue weighted by Gasteiger charge is 2.16. The number of carbonyl (C=O) groups is 2. The summed E-state index contributed by atoms with van der Waals surface area (Å²) in [6, 6.07) is 3.77. The Balaban J connectivity index is 2.80. The van der Waals surface area contributed by atoms with Crippen molar-refractivity contribution in [1.82, 2.24) is 9.80 Å². The summed E-state index contributed by atoms with van der Waals surface area (Å²) in [6.07, 6.45) is 0. The zero-order chi connectivity index (χ0) is 13.9. The maximum Gasteiger partial charge on any atom is 0.254 e. The molecule has 0 aromatic heterocycles. The molecule has 18 heavy (non-hydrogen) atoms. The van der Waals surface area contributed by atoms with E-state index in [2.05, 4.69) is 0 Å². The number of hydrogen-bond donors (Lipinski definition) is 2. The van der Waals surface area contributed by atoms with Crippen molar-refractivity contribution in [1.29, 1.82) is 0 Å². The first-order valence-corrected chi connectivity index (χ1v) is 5.30. The Morgan fingerprint density at radius 3 is 2.22 bits per heavy atom. The molecular weight excluding hydrogens is 236 g/mol. The molecule has 98 valence electrons. The van der Waals surface area contributed by atoms with Gasteiger partial charge in [0.1, 0.15) is 0 Å². The molecule has 0 bridgehead atoms. The maximum atomic E-state index is 11.9. The van der Waals surface area contributed by atoms with Crippen LogP contribution in [0.3, 0.4) is 0 Å². The molecule has 1 aromatic rings. The lowest BCUT2D eigenvalue weighted by Gasteiger charge is -2.19. The van der Waals surface area contributed by atoms with E-state index in [9.17, 15) is 14.7 Å². The zero-order valence-electron chi connectivity index (χ0n) is 10.5. The Bertz CT molecular complexity index is 471. The number of rotatable bonds is 3. The number of phenolic OH excluding ortho intramolecular Hbond substituents is 2. The number of aromatic hydroxyl groups is 2. The average molecular weight is 252 g/mol. The zero-order valence-corrected chi connectivity index (χ0v) is 10.5. The summed E-state index contributed by atoms with van der Waals surface area (Å²) >= 11 is 0. The molecule has 0 unspecified atom stereocenters. The van der Waals surface area contributed by atoms with Gasteiger partial charge < -0.3 is 20.0 Å². The SMILES string of the molecule is CN(C)C(=O)CN(C)C(=O)c1ccc(O)c(O)c1. The summed E-state index contributed by atoms with van der Waals surface area (Å²) in [6.45, 7) is -0.0481. The lowest BCUT2D eigenvalue weighted by molar-refractivity contribution is -0.129. The van der Waals surface area contributed by atoms with E-state index in [-0.39, 0.29) is 29.5 Å². The molecule has 0 heterocycles. The third-order valence-electron chi connectivity index (χ3n) is 2.44. The molecule has 0 saturated carbocycles. The number of likely N-dealkylation sites (N-methyl/N-ethyl adjacent to an activating group) is 2. The summed E-state index contributed by atoms with van der Waals surface area (Å²) in [4.78, 5) is 26.0. The lowest BCUT2D eigenvalue weighted by atomic mass is 10.2. The van der Waals surface area contributed by atoms with E-state index in [0.717, 1.165) is 6.07 Å². The summed E-state index contributed by atoms with van der Waals surface area (Å²) in [7, 11) is 4.70. The highest BCUT2D eigenvalue weighted by atomic mass is 16.3. The third kappa shape index (κ3) is 3.13. The largest absolute Gasteiger partial charge is 0.504 e. The van der Waals surface area contributed by atoms with Crippen LogP contribution >= 0.6 is 0 Å². The van der Waals surface area contributed by atoms with Crippen LogP contribution in [0.1, 0.15) is 10.4 Å². The van der Waals surface area contributed by atoms with Crippen molar-refractivity contribution < 1.29 is 19.8 Å². The molecular formula is C12H16N2O4. The maximum absolute atomic E-state index is 11.9. The van der Waals surface area contributed by atoms with Gasteiger partial charge >= 0.3 is 0 Å². The van der Waals surface area contributed by atoms with Crippen LogP contribution in [-0.2, 0) is 4.79 Å². The Morgan fingerprint density at radius 1 is 1.11 bits per heavy atom. The minimum absolute atomic E-state index is 0.0481. The number of carbonyl (C=O) groups excluding carboxylic acids is 2. The van der Waals surface area contributed by atoms with Crippen molar-refractivity contribution in [3.8, 4) is 11.5 Å². The fourth-order valence-electron chi connectivity index (χ4n) is 1.29. The van der Waals surface area contributed by atoms with Gasteiger partial charge in [0.2, 0.25) is 5.91 Å². The average Bonchev–Trinajstić information content (AvgIpc) is 2.31. The number of amides is 2. The van der Waals surface area contributed by atoms with Gasteiger partial charge in [-0.15, -0.1) is 0 Å². The van der Waals surface area contributed by atoms with E-state index in [1.54, 1.807) is 14.1 Å². The summed E-state index contributed by atoms with van der Waals surface area (Å²) in [5.41, 5.74) is 0.208. The first-order chi connectivity index (χ1) is 8.32. The van der Waals surface area contributed by atoms with Gasteiger partial charge in [0.25, 0.3) is 5.91 Å². The molecule has 0 fully saturated rings. The molecule has 2 N–H and O–H groups in total. The second-order valence-electron chi connectivity index (χ2n) is 4.15. The predicted octanol–water partition coefficient (Wildman–Crippen LogP) is 0.258. The van der Waals surface area contributed by atoms with E-state index >= 15 is 0 Å². The van der Waals surface area contributed by atoms with E-state index in [1.165, 1.54) is 29.0 Å². The fourth-order valence-corrected chi connectivity index (χ4v) is 1.29. The lowest BCUT2D eigenvalue weighted by Crippen LogP contribution is -2.37. The molecule has 0 radical (unpaired) electrons. The topological polar surface area (TPSA) is 81.1 Å². The summed E-state index contributed by atoms with van der Waals surface area (Å²) < 4.78 is 0. The molecule has 0 atom stereocenters. The van der Waals surface area contributed by atoms with Crippen LogP contribution < -0.4 is 0 Å². The minimum atomic E-state index is -0.402. The van der Waals surface area contributed by atoms with Crippen molar-refractivity contribution in [2.75, 3.05) is 27.7 Å².